The van der Waals surface area contributed by atoms with Gasteiger partial charge in [0.1, 0.15) is 11.6 Å². The second-order valence-electron chi connectivity index (χ2n) is 7.16. The number of fused-ring (bicyclic) bond motifs is 2. The van der Waals surface area contributed by atoms with E-state index in [0.717, 1.165) is 21.6 Å². The first kappa shape index (κ1) is 19.1. The highest BCUT2D eigenvalue weighted by molar-refractivity contribution is 7.15. The Labute approximate surface area is 181 Å². The third kappa shape index (κ3) is 3.83. The molecule has 6 nitrogen and oxygen atoms in total. The summed E-state index contributed by atoms with van der Waals surface area (Å²) in [4.78, 5) is 25.7. The van der Waals surface area contributed by atoms with E-state index in [1.54, 1.807) is 12.1 Å². The molecular formula is C24H18N4O2S. The fourth-order valence-electron chi connectivity index (χ4n) is 3.70. The fraction of sp³-hybridized carbons (Fsp3) is 0.0833. The first-order valence-electron chi connectivity index (χ1n) is 9.85. The van der Waals surface area contributed by atoms with Crippen molar-refractivity contribution in [2.45, 2.75) is 13.0 Å². The molecule has 1 N–H and O–H groups in total. The zero-order valence-corrected chi connectivity index (χ0v) is 17.3. The first-order valence-corrected chi connectivity index (χ1v) is 10.7. The highest BCUT2D eigenvalue weighted by Gasteiger charge is 2.14. The third-order valence-corrected chi connectivity index (χ3v) is 5.93. The molecule has 2 heterocycles. The minimum Gasteiger partial charge on any atom is -0.331 e. The van der Waals surface area contributed by atoms with Crippen LogP contribution in [-0.4, -0.2) is 20.7 Å². The summed E-state index contributed by atoms with van der Waals surface area (Å²) in [6.45, 7) is 0.0644. The van der Waals surface area contributed by atoms with Gasteiger partial charge in [0.2, 0.25) is 11.0 Å². The van der Waals surface area contributed by atoms with Gasteiger partial charge in [-0.2, -0.15) is 0 Å². The number of carbonyl (C=O) groups excluding carboxylic acids is 1. The lowest BCUT2D eigenvalue weighted by Crippen LogP contribution is -2.21. The van der Waals surface area contributed by atoms with Crippen molar-refractivity contribution >= 4 is 44.2 Å². The largest absolute Gasteiger partial charge is 0.331 e. The van der Waals surface area contributed by atoms with Crippen LogP contribution in [0.15, 0.2) is 83.7 Å². The molecule has 1 amide bonds. The van der Waals surface area contributed by atoms with Crippen LogP contribution in [0.3, 0.4) is 0 Å². The molecule has 0 aliphatic heterocycles. The molecule has 3 aromatic carbocycles. The van der Waals surface area contributed by atoms with Crippen LogP contribution in [0.1, 0.15) is 10.6 Å². The van der Waals surface area contributed by atoms with Gasteiger partial charge >= 0.3 is 0 Å². The lowest BCUT2D eigenvalue weighted by molar-refractivity contribution is -0.116. The van der Waals surface area contributed by atoms with E-state index in [4.69, 9.17) is 0 Å². The number of para-hydroxylation sites is 2. The maximum Gasteiger partial charge on any atom is 0.246 e. The summed E-state index contributed by atoms with van der Waals surface area (Å²) < 4.78 is 1.87. The average molecular weight is 427 g/mol. The van der Waals surface area contributed by atoms with E-state index in [2.05, 4.69) is 15.5 Å². The van der Waals surface area contributed by atoms with Crippen LogP contribution in [0.2, 0.25) is 0 Å². The lowest BCUT2D eigenvalue weighted by Gasteiger charge is -2.14. The molecular weight excluding hydrogens is 408 g/mol. The Morgan fingerprint density at radius 3 is 2.13 bits per heavy atom. The van der Waals surface area contributed by atoms with E-state index in [-0.39, 0.29) is 17.9 Å². The van der Waals surface area contributed by atoms with Crippen LogP contribution < -0.4 is 10.7 Å². The van der Waals surface area contributed by atoms with E-state index in [1.807, 2.05) is 71.3 Å². The van der Waals surface area contributed by atoms with Gasteiger partial charge in [-0.15, -0.1) is 10.2 Å². The SMILES string of the molecule is O=C(Cn1c2ccccc2c(=O)c2ccccc21)Nc1nnc(Cc2ccccc2)s1. The van der Waals surface area contributed by atoms with E-state index in [0.29, 0.717) is 22.3 Å². The van der Waals surface area contributed by atoms with Gasteiger partial charge in [0.05, 0.1) is 11.0 Å². The number of hydrogen-bond acceptors (Lipinski definition) is 5. The summed E-state index contributed by atoms with van der Waals surface area (Å²) in [5, 5.41) is 13.6. The van der Waals surface area contributed by atoms with Gasteiger partial charge in [0.15, 0.2) is 5.43 Å². The van der Waals surface area contributed by atoms with Gasteiger partial charge in [-0.25, -0.2) is 0 Å². The van der Waals surface area contributed by atoms with Crippen molar-refractivity contribution in [1.82, 2.24) is 14.8 Å². The molecule has 0 bridgehead atoms. The minimum absolute atomic E-state index is 0.0301. The number of hydrogen-bond donors (Lipinski definition) is 1. The molecule has 5 rings (SSSR count). The van der Waals surface area contributed by atoms with Gasteiger partial charge in [-0.05, 0) is 29.8 Å². The molecule has 152 valence electrons. The Morgan fingerprint density at radius 2 is 1.45 bits per heavy atom. The van der Waals surface area contributed by atoms with Crippen molar-refractivity contribution in [3.8, 4) is 0 Å². The van der Waals surface area contributed by atoms with Crippen LogP contribution in [0.4, 0.5) is 5.13 Å². The fourth-order valence-corrected chi connectivity index (χ4v) is 4.49. The second-order valence-corrected chi connectivity index (χ2v) is 8.22. The topological polar surface area (TPSA) is 76.9 Å². The molecule has 0 fully saturated rings. The monoisotopic (exact) mass is 426 g/mol. The molecule has 0 saturated heterocycles. The van der Waals surface area contributed by atoms with E-state index < -0.39 is 0 Å². The highest BCUT2D eigenvalue weighted by Crippen LogP contribution is 2.21. The third-order valence-electron chi connectivity index (χ3n) is 5.09. The number of nitrogens with one attached hydrogen (secondary N) is 1. The molecule has 0 atom stereocenters. The summed E-state index contributed by atoms with van der Waals surface area (Å²) in [5.74, 6) is -0.221. The number of nitrogens with zero attached hydrogens (tertiary/aromatic N) is 3. The maximum atomic E-state index is 12.9. The summed E-state index contributed by atoms with van der Waals surface area (Å²) in [7, 11) is 0. The zero-order chi connectivity index (χ0) is 21.2. The summed E-state index contributed by atoms with van der Waals surface area (Å²) >= 11 is 1.36. The summed E-state index contributed by atoms with van der Waals surface area (Å²) in [5.41, 5.74) is 2.56. The van der Waals surface area contributed by atoms with Crippen LogP contribution in [0, 0.1) is 0 Å². The van der Waals surface area contributed by atoms with Gasteiger partial charge in [0, 0.05) is 17.2 Å². The zero-order valence-electron chi connectivity index (χ0n) is 16.5. The Morgan fingerprint density at radius 1 is 0.839 bits per heavy atom. The summed E-state index contributed by atoms with van der Waals surface area (Å²) in [6, 6.07) is 24.7. The van der Waals surface area contributed by atoms with E-state index in [9.17, 15) is 9.59 Å². The van der Waals surface area contributed by atoms with Crippen LogP contribution in [-0.2, 0) is 17.8 Å². The van der Waals surface area contributed by atoms with E-state index in [1.165, 1.54) is 11.3 Å². The molecule has 5 aromatic rings. The molecule has 0 radical (unpaired) electrons. The normalized spacial score (nSPS) is 11.1. The molecule has 0 saturated carbocycles. The maximum absolute atomic E-state index is 12.9. The smallest absolute Gasteiger partial charge is 0.246 e. The Bertz CT molecular complexity index is 1400. The number of anilines is 1. The van der Waals surface area contributed by atoms with Crippen molar-refractivity contribution in [2.75, 3.05) is 5.32 Å². The van der Waals surface area contributed by atoms with E-state index >= 15 is 0 Å². The Hall–Kier alpha value is -3.84. The Balaban J connectivity index is 1.42. The molecule has 31 heavy (non-hydrogen) atoms. The van der Waals surface area contributed by atoms with Gasteiger partial charge < -0.3 is 4.57 Å². The second kappa shape index (κ2) is 8.12. The van der Waals surface area contributed by atoms with Crippen LogP contribution >= 0.6 is 11.3 Å². The van der Waals surface area contributed by atoms with Crippen LogP contribution in [0.5, 0.6) is 0 Å². The molecule has 7 heteroatoms. The van der Waals surface area contributed by atoms with Crippen molar-refractivity contribution in [2.24, 2.45) is 0 Å². The first-order chi connectivity index (χ1) is 15.2. The summed E-state index contributed by atoms with van der Waals surface area (Å²) in [6.07, 6.45) is 0.670. The number of aromatic nitrogens is 3. The standard InChI is InChI=1S/C24H18N4O2S/c29-21(25-24-27-26-22(31-24)14-16-8-2-1-3-9-16)15-28-19-12-6-4-10-17(19)23(30)18-11-5-7-13-20(18)28/h1-13H,14-15H2,(H,25,27,29). The van der Waals surface area contributed by atoms with Gasteiger partial charge in [-0.1, -0.05) is 65.9 Å². The van der Waals surface area contributed by atoms with Crippen molar-refractivity contribution in [3.63, 3.8) is 0 Å². The van der Waals surface area contributed by atoms with Crippen molar-refractivity contribution in [3.05, 3.63) is 99.7 Å². The Kier molecular flexibility index (Phi) is 5.01. The number of carbonyl (C=O) groups is 1. The molecule has 2 aromatic heterocycles. The van der Waals surface area contributed by atoms with Crippen molar-refractivity contribution in [1.29, 1.82) is 0 Å². The van der Waals surface area contributed by atoms with Crippen molar-refractivity contribution < 1.29 is 4.79 Å². The number of pyridine rings is 1. The van der Waals surface area contributed by atoms with Gasteiger partial charge in [0.25, 0.3) is 0 Å². The molecule has 0 aliphatic rings. The quantitative estimate of drug-likeness (QED) is 0.427. The number of rotatable bonds is 5. The number of benzene rings is 3. The average Bonchev–Trinajstić information content (AvgIpc) is 3.23. The highest BCUT2D eigenvalue weighted by atomic mass is 32.1. The molecule has 0 spiro atoms. The van der Waals surface area contributed by atoms with Gasteiger partial charge in [-0.3, -0.25) is 14.9 Å². The minimum atomic E-state index is -0.221. The molecule has 0 aliphatic carbocycles. The predicted octanol–water partition coefficient (Wildman–Crippen LogP) is 4.24. The van der Waals surface area contributed by atoms with Crippen LogP contribution in [0.25, 0.3) is 21.8 Å². The lowest BCUT2D eigenvalue weighted by atomic mass is 10.1. The number of amides is 1. The predicted molar refractivity (Wildman–Crippen MR) is 124 cm³/mol. The molecule has 0 unspecified atom stereocenters.